The van der Waals surface area contributed by atoms with Crippen molar-refractivity contribution in [3.8, 4) is 0 Å². The molecule has 2 aliphatic heterocycles. The number of imidazole rings is 1. The van der Waals surface area contributed by atoms with E-state index in [-0.39, 0.29) is 18.4 Å². The van der Waals surface area contributed by atoms with Crippen LogP contribution in [0.5, 0.6) is 0 Å². The fraction of sp³-hybridized carbons (Fsp3) is 0.400. The van der Waals surface area contributed by atoms with Crippen LogP contribution in [0.1, 0.15) is 47.7 Å². The topological polar surface area (TPSA) is 58.4 Å². The molecular weight excluding hydrogens is 439 g/mol. The van der Waals surface area contributed by atoms with Crippen LogP contribution in [0, 0.1) is 12.7 Å². The Labute approximate surface area is 194 Å². The molecule has 0 radical (unpaired) electrons. The number of anilines is 1. The largest absolute Gasteiger partial charge is 0.364 e. The van der Waals surface area contributed by atoms with E-state index in [1.807, 2.05) is 56.4 Å². The molecule has 1 fully saturated rings. The molecule has 0 N–H and O–H groups in total. The summed E-state index contributed by atoms with van der Waals surface area (Å²) in [7, 11) is -3.60. The van der Waals surface area contributed by atoms with Crippen LogP contribution in [0.3, 0.4) is 0 Å². The molecule has 0 aliphatic carbocycles. The zero-order chi connectivity index (χ0) is 23.2. The minimum absolute atomic E-state index is 0.0465. The normalized spacial score (nSPS) is 22.8. The zero-order valence-electron chi connectivity index (χ0n) is 19.0. The molecule has 8 heteroatoms. The number of aryl methyl sites for hydroxylation is 1. The van der Waals surface area contributed by atoms with Gasteiger partial charge in [0.15, 0.2) is 0 Å². The van der Waals surface area contributed by atoms with Gasteiger partial charge in [-0.25, -0.2) is 17.8 Å². The highest BCUT2D eigenvalue weighted by atomic mass is 32.2. The number of hydrogen-bond donors (Lipinski definition) is 0. The lowest BCUT2D eigenvalue weighted by atomic mass is 10.0. The molecule has 1 unspecified atom stereocenters. The number of nitrogens with zero attached hydrogens (tertiary/aromatic N) is 4. The highest BCUT2D eigenvalue weighted by Gasteiger charge is 2.40. The number of hydrogen-bond acceptors (Lipinski definition) is 4. The van der Waals surface area contributed by atoms with E-state index in [0.29, 0.717) is 18.5 Å². The van der Waals surface area contributed by atoms with Gasteiger partial charge in [0.2, 0.25) is 10.0 Å². The Bertz CT molecular complexity index is 1260. The predicted octanol–water partition coefficient (Wildman–Crippen LogP) is 4.41. The molecule has 5 rings (SSSR count). The molecule has 0 bridgehead atoms. The van der Waals surface area contributed by atoms with Gasteiger partial charge >= 0.3 is 0 Å². The highest BCUT2D eigenvalue weighted by Crippen LogP contribution is 2.38. The standard InChI is InChI=1S/C25H29FN4O2S/c1-18-8-11-25(20-6-4-3-5-7-20)33(31,32)30(18)16-21-9-10-22(14-24(21)26)28-12-13-29-19(2)27-15-23(29)17-28/h3-7,9-10,14-15,18,25H,8,11-13,16-17H2,1-2H3/t18-,25?/m0/s1. The second kappa shape index (κ2) is 8.57. The number of rotatable bonds is 4. The summed E-state index contributed by atoms with van der Waals surface area (Å²) in [5, 5.41) is -0.584. The monoisotopic (exact) mass is 468 g/mol. The maximum absolute atomic E-state index is 15.2. The van der Waals surface area contributed by atoms with E-state index < -0.39 is 15.3 Å². The Morgan fingerprint density at radius 2 is 1.88 bits per heavy atom. The number of sulfonamides is 1. The minimum Gasteiger partial charge on any atom is -0.364 e. The first kappa shape index (κ1) is 22.1. The van der Waals surface area contributed by atoms with Gasteiger partial charge in [-0.2, -0.15) is 4.31 Å². The van der Waals surface area contributed by atoms with Gasteiger partial charge in [0.05, 0.1) is 18.4 Å². The first-order chi connectivity index (χ1) is 15.8. The maximum atomic E-state index is 15.2. The fourth-order valence-corrected chi connectivity index (χ4v) is 7.23. The Balaban J connectivity index is 1.37. The Kier molecular flexibility index (Phi) is 5.74. The third-order valence-corrected chi connectivity index (χ3v) is 9.38. The summed E-state index contributed by atoms with van der Waals surface area (Å²) < 4.78 is 45.8. The predicted molar refractivity (Wildman–Crippen MR) is 127 cm³/mol. The minimum atomic E-state index is -3.60. The van der Waals surface area contributed by atoms with E-state index in [0.717, 1.165) is 42.3 Å². The first-order valence-corrected chi connectivity index (χ1v) is 12.9. The molecule has 174 valence electrons. The molecule has 2 aromatic carbocycles. The molecule has 1 saturated heterocycles. The average Bonchev–Trinajstić information content (AvgIpc) is 3.18. The summed E-state index contributed by atoms with van der Waals surface area (Å²) in [5.74, 6) is 0.629. The van der Waals surface area contributed by atoms with E-state index in [4.69, 9.17) is 0 Å². The summed E-state index contributed by atoms with van der Waals surface area (Å²) in [6.07, 6.45) is 3.20. The van der Waals surface area contributed by atoms with Crippen LogP contribution in [0.15, 0.2) is 54.7 Å². The van der Waals surface area contributed by atoms with Crippen molar-refractivity contribution in [2.75, 3.05) is 11.4 Å². The van der Waals surface area contributed by atoms with E-state index in [1.165, 1.54) is 10.4 Å². The van der Waals surface area contributed by atoms with Crippen molar-refractivity contribution in [3.63, 3.8) is 0 Å². The lowest BCUT2D eigenvalue weighted by Gasteiger charge is -2.37. The number of aromatic nitrogens is 2. The van der Waals surface area contributed by atoms with Gasteiger partial charge in [-0.15, -0.1) is 0 Å². The second-order valence-electron chi connectivity index (χ2n) is 9.06. The lowest BCUT2D eigenvalue weighted by molar-refractivity contribution is 0.279. The molecule has 2 atom stereocenters. The fourth-order valence-electron chi connectivity index (χ4n) is 5.04. The van der Waals surface area contributed by atoms with Crippen LogP contribution >= 0.6 is 0 Å². The zero-order valence-corrected chi connectivity index (χ0v) is 19.8. The third kappa shape index (κ3) is 4.06. The maximum Gasteiger partial charge on any atom is 0.221 e. The molecule has 0 amide bonds. The molecule has 6 nitrogen and oxygen atoms in total. The Morgan fingerprint density at radius 3 is 2.64 bits per heavy atom. The number of fused-ring (bicyclic) bond motifs is 1. The summed E-state index contributed by atoms with van der Waals surface area (Å²) >= 11 is 0. The summed E-state index contributed by atoms with van der Waals surface area (Å²) in [6, 6.07) is 14.3. The quantitative estimate of drug-likeness (QED) is 0.569. The SMILES string of the molecule is Cc1ncc2n1CCN(c1ccc(CN3[C@@H](C)CCC(c4ccccc4)S3(=O)=O)c(F)c1)C2. The second-order valence-corrected chi connectivity index (χ2v) is 11.1. The summed E-state index contributed by atoms with van der Waals surface area (Å²) in [4.78, 5) is 6.51. The molecular formula is C25H29FN4O2S. The average molecular weight is 469 g/mol. The molecule has 3 aromatic rings. The van der Waals surface area contributed by atoms with Gasteiger partial charge in [-0.3, -0.25) is 0 Å². The number of benzene rings is 2. The molecule has 3 heterocycles. The van der Waals surface area contributed by atoms with Crippen LogP contribution in [0.2, 0.25) is 0 Å². The molecule has 0 spiro atoms. The van der Waals surface area contributed by atoms with Crippen LogP contribution in [0.25, 0.3) is 0 Å². The Hall–Kier alpha value is -2.71. The molecule has 2 aliphatic rings. The Morgan fingerprint density at radius 1 is 1.09 bits per heavy atom. The van der Waals surface area contributed by atoms with Crippen molar-refractivity contribution in [2.45, 2.75) is 57.6 Å². The third-order valence-electron chi connectivity index (χ3n) is 7.01. The van der Waals surface area contributed by atoms with Gasteiger partial charge in [-0.05, 0) is 44.4 Å². The van der Waals surface area contributed by atoms with Gasteiger partial charge < -0.3 is 9.47 Å². The van der Waals surface area contributed by atoms with Gasteiger partial charge in [-0.1, -0.05) is 36.4 Å². The van der Waals surface area contributed by atoms with Crippen LogP contribution in [-0.2, 0) is 29.7 Å². The number of halogens is 1. The van der Waals surface area contributed by atoms with Crippen LogP contribution in [-0.4, -0.2) is 34.9 Å². The molecule has 33 heavy (non-hydrogen) atoms. The van der Waals surface area contributed by atoms with Crippen molar-refractivity contribution < 1.29 is 12.8 Å². The summed E-state index contributed by atoms with van der Waals surface area (Å²) in [6.45, 7) is 6.21. The first-order valence-electron chi connectivity index (χ1n) is 11.4. The van der Waals surface area contributed by atoms with Crippen molar-refractivity contribution in [1.29, 1.82) is 0 Å². The molecule has 1 aromatic heterocycles. The van der Waals surface area contributed by atoms with E-state index in [9.17, 15) is 8.42 Å². The summed E-state index contributed by atoms with van der Waals surface area (Å²) in [5.41, 5.74) is 3.12. The van der Waals surface area contributed by atoms with Gasteiger partial charge in [0.1, 0.15) is 16.9 Å². The van der Waals surface area contributed by atoms with Gasteiger partial charge in [0, 0.05) is 36.9 Å². The van der Waals surface area contributed by atoms with Gasteiger partial charge in [0.25, 0.3) is 0 Å². The lowest BCUT2D eigenvalue weighted by Crippen LogP contribution is -2.44. The van der Waals surface area contributed by atoms with Crippen LogP contribution in [0.4, 0.5) is 10.1 Å². The van der Waals surface area contributed by atoms with Crippen molar-refractivity contribution in [3.05, 3.63) is 83.2 Å². The smallest absolute Gasteiger partial charge is 0.221 e. The van der Waals surface area contributed by atoms with Crippen molar-refractivity contribution >= 4 is 15.7 Å². The van der Waals surface area contributed by atoms with E-state index >= 15 is 4.39 Å². The highest BCUT2D eigenvalue weighted by molar-refractivity contribution is 7.89. The van der Waals surface area contributed by atoms with Crippen molar-refractivity contribution in [2.24, 2.45) is 0 Å². The van der Waals surface area contributed by atoms with Crippen LogP contribution < -0.4 is 4.90 Å². The van der Waals surface area contributed by atoms with Crippen molar-refractivity contribution in [1.82, 2.24) is 13.9 Å². The van der Waals surface area contributed by atoms with E-state index in [1.54, 1.807) is 6.07 Å². The molecule has 0 saturated carbocycles. The van der Waals surface area contributed by atoms with E-state index in [2.05, 4.69) is 14.5 Å².